The zero-order valence-electron chi connectivity index (χ0n) is 18.0. The normalized spacial score (nSPS) is 15.1. The van der Waals surface area contributed by atoms with Crippen LogP contribution in [0.1, 0.15) is 39.6 Å². The molecule has 3 heterocycles. The summed E-state index contributed by atoms with van der Waals surface area (Å²) in [6.07, 6.45) is 4.28. The predicted octanol–water partition coefficient (Wildman–Crippen LogP) is 4.22. The Labute approximate surface area is 197 Å². The van der Waals surface area contributed by atoms with Gasteiger partial charge in [0.2, 0.25) is 10.0 Å². The minimum absolute atomic E-state index is 0.155. The predicted molar refractivity (Wildman–Crippen MR) is 126 cm³/mol. The number of hydrogen-bond acceptors (Lipinski definition) is 5. The molecule has 1 saturated heterocycles. The maximum Gasteiger partial charge on any atom is 0.268 e. The van der Waals surface area contributed by atoms with E-state index in [1.807, 2.05) is 31.2 Å². The second kappa shape index (κ2) is 9.35. The van der Waals surface area contributed by atoms with Gasteiger partial charge >= 0.3 is 0 Å². The van der Waals surface area contributed by atoms with Crippen molar-refractivity contribution in [3.8, 4) is 11.3 Å². The average Bonchev–Trinajstić information content (AvgIpc) is 3.36. The van der Waals surface area contributed by atoms with Crippen LogP contribution in [0.2, 0.25) is 5.02 Å². The van der Waals surface area contributed by atoms with Gasteiger partial charge in [0, 0.05) is 41.8 Å². The fourth-order valence-electron chi connectivity index (χ4n) is 3.80. The molecule has 0 unspecified atom stereocenters. The number of amides is 1. The van der Waals surface area contributed by atoms with Gasteiger partial charge in [-0.3, -0.25) is 4.79 Å². The first-order valence-corrected chi connectivity index (χ1v) is 13.1. The zero-order valence-corrected chi connectivity index (χ0v) is 20.4. The van der Waals surface area contributed by atoms with Gasteiger partial charge in [-0.15, -0.1) is 11.3 Å². The number of aromatic nitrogens is 2. The molecule has 1 fully saturated rings. The van der Waals surface area contributed by atoms with Crippen molar-refractivity contribution < 1.29 is 13.2 Å². The third-order valence-electron chi connectivity index (χ3n) is 5.52. The van der Waals surface area contributed by atoms with Gasteiger partial charge < -0.3 is 9.88 Å². The maximum absolute atomic E-state index is 12.9. The highest BCUT2D eigenvalue weighted by atomic mass is 35.5. The topological polar surface area (TPSA) is 84.3 Å². The van der Waals surface area contributed by atoms with Crippen molar-refractivity contribution in [2.75, 3.05) is 13.1 Å². The maximum atomic E-state index is 12.9. The van der Waals surface area contributed by atoms with Crippen LogP contribution in [0.3, 0.4) is 0 Å². The smallest absolute Gasteiger partial charge is 0.268 e. The summed E-state index contributed by atoms with van der Waals surface area (Å²) in [7, 11) is -1.91. The molecule has 0 bridgehead atoms. The number of carbonyl (C=O) groups is 1. The molecule has 1 amide bonds. The van der Waals surface area contributed by atoms with Gasteiger partial charge in [-0.1, -0.05) is 30.2 Å². The molecule has 1 N–H and O–H groups in total. The number of aryl methyl sites for hydroxylation is 2. The lowest BCUT2D eigenvalue weighted by molar-refractivity contribution is 0.0942. The van der Waals surface area contributed by atoms with E-state index in [9.17, 15) is 13.2 Å². The molecule has 1 aromatic carbocycles. The second-order valence-corrected chi connectivity index (χ2v) is 11.5. The van der Waals surface area contributed by atoms with Crippen molar-refractivity contribution in [3.05, 3.63) is 57.1 Å². The van der Waals surface area contributed by atoms with Crippen molar-refractivity contribution in [2.24, 2.45) is 7.05 Å². The van der Waals surface area contributed by atoms with E-state index in [2.05, 4.69) is 10.3 Å². The number of thiazole rings is 1. The van der Waals surface area contributed by atoms with Gasteiger partial charge in [0.15, 0.2) is 0 Å². The quantitative estimate of drug-likeness (QED) is 0.558. The highest BCUT2D eigenvalue weighted by molar-refractivity contribution is 7.89. The average molecular weight is 493 g/mol. The number of nitrogens with zero attached hydrogens (tertiary/aromatic N) is 3. The molecule has 3 aromatic rings. The molecule has 1 aliphatic rings. The molecule has 170 valence electrons. The van der Waals surface area contributed by atoms with Crippen LogP contribution in [-0.2, 0) is 23.6 Å². The molecule has 32 heavy (non-hydrogen) atoms. The first-order valence-electron chi connectivity index (χ1n) is 10.4. The Morgan fingerprint density at radius 3 is 2.56 bits per heavy atom. The van der Waals surface area contributed by atoms with Gasteiger partial charge in [0.1, 0.15) is 15.6 Å². The minimum Gasteiger partial charge on any atom is -0.345 e. The molecular formula is C22H25ClN4O3S2. The van der Waals surface area contributed by atoms with E-state index < -0.39 is 10.0 Å². The molecular weight excluding hydrogens is 468 g/mol. The highest BCUT2D eigenvalue weighted by Crippen LogP contribution is 2.28. The number of benzene rings is 1. The molecule has 4 rings (SSSR count). The van der Waals surface area contributed by atoms with Crippen molar-refractivity contribution in [1.29, 1.82) is 0 Å². The summed E-state index contributed by atoms with van der Waals surface area (Å²) >= 11 is 7.48. The molecule has 0 saturated carbocycles. The highest BCUT2D eigenvalue weighted by Gasteiger charge is 2.28. The van der Waals surface area contributed by atoms with Crippen LogP contribution in [0.25, 0.3) is 11.3 Å². The SMILES string of the molecule is Cc1sc(CNC(=O)c2cc(S(=O)(=O)N3CCCCC3)cn2C)nc1-c1ccc(Cl)cc1. The van der Waals surface area contributed by atoms with Crippen LogP contribution in [-0.4, -0.2) is 41.3 Å². The lowest BCUT2D eigenvalue weighted by atomic mass is 10.1. The summed E-state index contributed by atoms with van der Waals surface area (Å²) < 4.78 is 28.9. The van der Waals surface area contributed by atoms with Gasteiger partial charge in [0.25, 0.3) is 5.91 Å². The molecule has 0 aliphatic carbocycles. The Kier molecular flexibility index (Phi) is 6.71. The number of sulfonamides is 1. The van der Waals surface area contributed by atoms with Gasteiger partial charge in [-0.25, -0.2) is 13.4 Å². The molecule has 0 radical (unpaired) electrons. The third-order valence-corrected chi connectivity index (χ3v) is 8.61. The second-order valence-electron chi connectivity index (χ2n) is 7.84. The standard InChI is InChI=1S/C22H25ClN4O3S2/c1-15-21(16-6-8-17(23)9-7-16)25-20(31-15)13-24-22(28)19-12-18(14-26(19)2)32(29,30)27-10-4-3-5-11-27/h6-9,12,14H,3-5,10-11,13H2,1-2H3,(H,24,28). The first kappa shape index (κ1) is 23.0. The van der Waals surface area contributed by atoms with E-state index in [1.54, 1.807) is 11.6 Å². The van der Waals surface area contributed by atoms with Gasteiger partial charge in [-0.05, 0) is 38.0 Å². The molecule has 0 spiro atoms. The molecule has 7 nitrogen and oxygen atoms in total. The Bertz CT molecular complexity index is 1230. The van der Waals surface area contributed by atoms with Crippen LogP contribution in [0.15, 0.2) is 41.4 Å². The van der Waals surface area contributed by atoms with E-state index >= 15 is 0 Å². The van der Waals surface area contributed by atoms with Crippen molar-refractivity contribution >= 4 is 38.9 Å². The molecule has 10 heteroatoms. The number of carbonyl (C=O) groups excluding carboxylic acids is 1. The Morgan fingerprint density at radius 1 is 1.19 bits per heavy atom. The number of halogens is 1. The van der Waals surface area contributed by atoms with E-state index in [0.29, 0.717) is 23.8 Å². The zero-order chi connectivity index (χ0) is 22.9. The van der Waals surface area contributed by atoms with E-state index in [4.69, 9.17) is 11.6 Å². The molecule has 1 aliphatic heterocycles. The molecule has 2 aromatic heterocycles. The third kappa shape index (κ3) is 4.76. The summed E-state index contributed by atoms with van der Waals surface area (Å²) in [5, 5.41) is 4.30. The van der Waals surface area contributed by atoms with E-state index in [1.165, 1.54) is 27.9 Å². The lowest BCUT2D eigenvalue weighted by Gasteiger charge is -2.25. The number of hydrogen-bond donors (Lipinski definition) is 1. The fraction of sp³-hybridized carbons (Fsp3) is 0.364. The monoisotopic (exact) mass is 492 g/mol. The Morgan fingerprint density at radius 2 is 1.88 bits per heavy atom. The van der Waals surface area contributed by atoms with Crippen molar-refractivity contribution in [3.63, 3.8) is 0 Å². The number of rotatable bonds is 6. The summed E-state index contributed by atoms with van der Waals surface area (Å²) in [4.78, 5) is 18.6. The van der Waals surface area contributed by atoms with Crippen LogP contribution < -0.4 is 5.32 Å². The number of nitrogens with one attached hydrogen (secondary N) is 1. The Balaban J connectivity index is 1.46. The van der Waals surface area contributed by atoms with Gasteiger partial charge in [-0.2, -0.15) is 4.31 Å². The summed E-state index contributed by atoms with van der Waals surface area (Å²) in [6, 6.07) is 8.93. The minimum atomic E-state index is -3.59. The first-order chi connectivity index (χ1) is 15.3. The van der Waals surface area contributed by atoms with Crippen LogP contribution >= 0.6 is 22.9 Å². The van der Waals surface area contributed by atoms with E-state index in [0.717, 1.165) is 40.4 Å². The van der Waals surface area contributed by atoms with Gasteiger partial charge in [0.05, 0.1) is 12.2 Å². The number of piperidine rings is 1. The fourth-order valence-corrected chi connectivity index (χ4v) is 6.41. The Hall–Kier alpha value is -2.20. The van der Waals surface area contributed by atoms with Crippen LogP contribution in [0.4, 0.5) is 0 Å². The van der Waals surface area contributed by atoms with Crippen LogP contribution in [0.5, 0.6) is 0 Å². The van der Waals surface area contributed by atoms with E-state index in [-0.39, 0.29) is 17.3 Å². The van der Waals surface area contributed by atoms with Crippen LogP contribution in [0, 0.1) is 6.92 Å². The van der Waals surface area contributed by atoms with Crippen molar-refractivity contribution in [2.45, 2.75) is 37.6 Å². The molecule has 0 atom stereocenters. The lowest BCUT2D eigenvalue weighted by Crippen LogP contribution is -2.35. The summed E-state index contributed by atoms with van der Waals surface area (Å²) in [5.41, 5.74) is 2.13. The summed E-state index contributed by atoms with van der Waals surface area (Å²) in [6.45, 7) is 3.30. The summed E-state index contributed by atoms with van der Waals surface area (Å²) in [5.74, 6) is -0.339. The largest absolute Gasteiger partial charge is 0.345 e. The van der Waals surface area contributed by atoms with Crippen molar-refractivity contribution in [1.82, 2.24) is 19.2 Å².